The van der Waals surface area contributed by atoms with Crippen LogP contribution in [0.2, 0.25) is 0 Å². The maximum atomic E-state index is 12.5. The first kappa shape index (κ1) is 22.6. The lowest BCUT2D eigenvalue weighted by Gasteiger charge is -2.11. The number of carboxylic acids is 1. The molecule has 7 nitrogen and oxygen atoms in total. The van der Waals surface area contributed by atoms with Gasteiger partial charge in [0.1, 0.15) is 5.75 Å². The van der Waals surface area contributed by atoms with Gasteiger partial charge in [-0.25, -0.2) is 4.79 Å². The number of aromatic nitrogens is 1. The van der Waals surface area contributed by atoms with E-state index in [-0.39, 0.29) is 17.4 Å². The molecule has 1 aliphatic carbocycles. The van der Waals surface area contributed by atoms with Crippen LogP contribution in [0.25, 0.3) is 10.9 Å². The molecule has 1 amide bonds. The Bertz CT molecular complexity index is 1220. The van der Waals surface area contributed by atoms with E-state index in [2.05, 4.69) is 5.32 Å². The van der Waals surface area contributed by atoms with Crippen LogP contribution in [0, 0.1) is 5.92 Å². The van der Waals surface area contributed by atoms with Crippen molar-refractivity contribution in [3.05, 3.63) is 59.3 Å². The Labute approximate surface area is 192 Å². The van der Waals surface area contributed by atoms with Gasteiger partial charge in [0.25, 0.3) is 0 Å². The van der Waals surface area contributed by atoms with E-state index in [1.165, 1.54) is 32.9 Å². The van der Waals surface area contributed by atoms with Crippen molar-refractivity contribution in [1.29, 1.82) is 0 Å². The highest BCUT2D eigenvalue weighted by atomic mass is 16.5. The van der Waals surface area contributed by atoms with Gasteiger partial charge in [-0.15, -0.1) is 0 Å². The topological polar surface area (TPSA) is 97.6 Å². The largest absolute Gasteiger partial charge is 0.496 e. The zero-order valence-electron chi connectivity index (χ0n) is 18.9. The van der Waals surface area contributed by atoms with Gasteiger partial charge in [-0.05, 0) is 60.2 Å². The molecule has 2 N–H and O–H groups in total. The fraction of sp³-hybridized carbons (Fsp3) is 0.346. The molecule has 1 aliphatic rings. The summed E-state index contributed by atoms with van der Waals surface area (Å²) in [4.78, 5) is 36.1. The van der Waals surface area contributed by atoms with Crippen molar-refractivity contribution in [2.45, 2.75) is 45.4 Å². The lowest BCUT2D eigenvalue weighted by Crippen LogP contribution is -2.15. The zero-order valence-corrected chi connectivity index (χ0v) is 18.9. The molecule has 0 atom stereocenters. The van der Waals surface area contributed by atoms with E-state index in [1.807, 2.05) is 18.2 Å². The number of amides is 1. The molecule has 7 heteroatoms. The number of aromatic carboxylic acids is 1. The van der Waals surface area contributed by atoms with Crippen molar-refractivity contribution >= 4 is 34.4 Å². The molecule has 1 fully saturated rings. The molecule has 3 aromatic rings. The van der Waals surface area contributed by atoms with Crippen LogP contribution in [0.5, 0.6) is 5.75 Å². The van der Waals surface area contributed by atoms with Gasteiger partial charge in [0.15, 0.2) is 0 Å². The van der Waals surface area contributed by atoms with Gasteiger partial charge >= 0.3 is 5.97 Å². The minimum atomic E-state index is -1.02. The second-order valence-corrected chi connectivity index (χ2v) is 8.69. The van der Waals surface area contributed by atoms with E-state index in [1.54, 1.807) is 22.9 Å². The van der Waals surface area contributed by atoms with Gasteiger partial charge < -0.3 is 15.2 Å². The summed E-state index contributed by atoms with van der Waals surface area (Å²) in [5.74, 6) is -0.188. The second kappa shape index (κ2) is 9.48. The molecule has 2 aromatic carbocycles. The molecule has 1 aromatic heterocycles. The number of carbonyl (C=O) groups excluding carboxylic acids is 2. The Morgan fingerprint density at radius 1 is 1.09 bits per heavy atom. The number of carboxylic acid groups (broad SMARTS) is 1. The third-order valence-corrected chi connectivity index (χ3v) is 6.37. The number of methoxy groups -OCH3 is 1. The van der Waals surface area contributed by atoms with Gasteiger partial charge in [0.05, 0.1) is 18.2 Å². The number of ether oxygens (including phenoxy) is 1. The Balaban J connectivity index is 1.65. The van der Waals surface area contributed by atoms with Crippen molar-refractivity contribution < 1.29 is 24.2 Å². The van der Waals surface area contributed by atoms with E-state index in [9.17, 15) is 19.5 Å². The number of carbonyl (C=O) groups is 3. The number of hydrogen-bond donors (Lipinski definition) is 2. The van der Waals surface area contributed by atoms with Crippen LogP contribution in [0.15, 0.2) is 42.6 Å². The molecular formula is C26H28N2O5. The third kappa shape index (κ3) is 4.92. The van der Waals surface area contributed by atoms with Crippen molar-refractivity contribution in [3.63, 3.8) is 0 Å². The van der Waals surface area contributed by atoms with Crippen molar-refractivity contribution in [2.75, 3.05) is 12.4 Å². The molecule has 0 saturated heterocycles. The highest BCUT2D eigenvalue weighted by Crippen LogP contribution is 2.31. The number of anilines is 1. The molecule has 1 heterocycles. The molecule has 1 saturated carbocycles. The van der Waals surface area contributed by atoms with Gasteiger partial charge in [-0.1, -0.05) is 18.9 Å². The van der Waals surface area contributed by atoms with E-state index >= 15 is 0 Å². The average Bonchev–Trinajstić information content (AvgIpc) is 3.41. The molecule has 4 rings (SSSR count). The van der Waals surface area contributed by atoms with Crippen LogP contribution in [0.1, 0.15) is 65.3 Å². The quantitative estimate of drug-likeness (QED) is 0.523. The summed E-state index contributed by atoms with van der Waals surface area (Å²) in [6, 6.07) is 10.3. The Kier molecular flexibility index (Phi) is 6.49. The third-order valence-electron chi connectivity index (χ3n) is 6.37. The first-order valence-electron chi connectivity index (χ1n) is 11.2. The summed E-state index contributed by atoms with van der Waals surface area (Å²) < 4.78 is 7.01. The normalized spacial score (nSPS) is 13.9. The summed E-state index contributed by atoms with van der Waals surface area (Å²) in [6.07, 6.45) is 7.39. The molecular weight excluding hydrogens is 420 g/mol. The Morgan fingerprint density at radius 3 is 2.52 bits per heavy atom. The maximum absolute atomic E-state index is 12.5. The summed E-state index contributed by atoms with van der Waals surface area (Å²) in [7, 11) is 1.50. The van der Waals surface area contributed by atoms with Crippen LogP contribution in [-0.2, 0) is 11.2 Å². The minimum absolute atomic E-state index is 0.0136. The molecule has 0 bridgehead atoms. The summed E-state index contributed by atoms with van der Waals surface area (Å²) in [5.41, 5.74) is 3.29. The Morgan fingerprint density at radius 2 is 1.85 bits per heavy atom. The highest BCUT2D eigenvalue weighted by molar-refractivity contribution is 5.98. The number of nitrogens with one attached hydrogen (secondary N) is 1. The fourth-order valence-corrected chi connectivity index (χ4v) is 4.69. The van der Waals surface area contributed by atoms with Crippen LogP contribution < -0.4 is 10.1 Å². The summed E-state index contributed by atoms with van der Waals surface area (Å²) >= 11 is 0. The first-order valence-corrected chi connectivity index (χ1v) is 11.2. The summed E-state index contributed by atoms with van der Waals surface area (Å²) in [5, 5.41) is 13.1. The zero-order chi connectivity index (χ0) is 23.5. The Hall–Kier alpha value is -3.61. The molecule has 172 valence electrons. The average molecular weight is 449 g/mol. The molecule has 0 aliphatic heterocycles. The van der Waals surface area contributed by atoms with Gasteiger partial charge in [0, 0.05) is 37.0 Å². The maximum Gasteiger partial charge on any atom is 0.335 e. The lowest BCUT2D eigenvalue weighted by atomic mass is 10.0. The number of hydrogen-bond acceptors (Lipinski definition) is 4. The minimum Gasteiger partial charge on any atom is -0.496 e. The number of rotatable bonds is 7. The van der Waals surface area contributed by atoms with Crippen molar-refractivity contribution in [1.82, 2.24) is 4.57 Å². The molecule has 0 spiro atoms. The fourth-order valence-electron chi connectivity index (χ4n) is 4.69. The predicted octanol–water partition coefficient (Wildman–Crippen LogP) is 5.12. The molecule has 0 radical (unpaired) electrons. The van der Waals surface area contributed by atoms with Crippen molar-refractivity contribution in [2.24, 2.45) is 5.92 Å². The van der Waals surface area contributed by atoms with E-state index in [0.717, 1.165) is 34.9 Å². The van der Waals surface area contributed by atoms with Crippen LogP contribution in [0.4, 0.5) is 5.69 Å². The van der Waals surface area contributed by atoms with E-state index in [0.29, 0.717) is 30.2 Å². The van der Waals surface area contributed by atoms with Gasteiger partial charge in [-0.2, -0.15) is 0 Å². The summed E-state index contributed by atoms with van der Waals surface area (Å²) in [6.45, 7) is 1.50. The van der Waals surface area contributed by atoms with Crippen molar-refractivity contribution in [3.8, 4) is 5.75 Å². The predicted molar refractivity (Wildman–Crippen MR) is 126 cm³/mol. The lowest BCUT2D eigenvalue weighted by molar-refractivity contribution is -0.117. The standard InChI is InChI=1S/C26H28N2O5/c1-16(29)28-15-20(12-18-7-8-19(26(31)32)13-24(18)33-2)22-14-21(9-10-23(22)28)27-25(30)11-17-5-3-4-6-17/h7-10,13-15,17H,3-6,11-12H2,1-2H3,(H,27,30)(H,31,32). The highest BCUT2D eigenvalue weighted by Gasteiger charge is 2.19. The van der Waals surface area contributed by atoms with Crippen LogP contribution in [-0.4, -0.2) is 34.6 Å². The van der Waals surface area contributed by atoms with Crippen LogP contribution >= 0.6 is 0 Å². The van der Waals surface area contributed by atoms with Gasteiger partial charge in [-0.3, -0.25) is 14.2 Å². The first-order chi connectivity index (χ1) is 15.9. The smallest absolute Gasteiger partial charge is 0.335 e. The number of fused-ring (bicyclic) bond motifs is 1. The monoisotopic (exact) mass is 448 g/mol. The van der Waals surface area contributed by atoms with Gasteiger partial charge in [0.2, 0.25) is 11.8 Å². The number of nitrogens with zero attached hydrogens (tertiary/aromatic N) is 1. The molecule has 33 heavy (non-hydrogen) atoms. The second-order valence-electron chi connectivity index (χ2n) is 8.69. The van der Waals surface area contributed by atoms with Crippen LogP contribution in [0.3, 0.4) is 0 Å². The molecule has 0 unspecified atom stereocenters. The van der Waals surface area contributed by atoms with E-state index in [4.69, 9.17) is 4.74 Å². The van der Waals surface area contributed by atoms with E-state index < -0.39 is 5.97 Å². The number of benzene rings is 2. The SMILES string of the molecule is COc1cc(C(=O)O)ccc1Cc1cn(C(C)=O)c2ccc(NC(=O)CC3CCCC3)cc12.